The van der Waals surface area contributed by atoms with Gasteiger partial charge in [-0.2, -0.15) is 5.26 Å². The smallest absolute Gasteiger partial charge is 0.344 e. The predicted octanol–water partition coefficient (Wildman–Crippen LogP) is 3.27. The molecule has 1 atom stereocenters. The maximum atomic E-state index is 12.0. The average molecular weight is 403 g/mol. The molecule has 25 heavy (non-hydrogen) atoms. The van der Waals surface area contributed by atoms with Gasteiger partial charge in [-0.15, -0.1) is 0 Å². The van der Waals surface area contributed by atoms with Gasteiger partial charge in [0.2, 0.25) is 0 Å². The summed E-state index contributed by atoms with van der Waals surface area (Å²) in [6.45, 7) is 1.15. The van der Waals surface area contributed by atoms with Gasteiger partial charge in [-0.25, -0.2) is 4.79 Å². The van der Waals surface area contributed by atoms with E-state index in [-0.39, 0.29) is 6.61 Å². The number of nitrogens with zero attached hydrogens (tertiary/aromatic N) is 1. The number of carbonyl (C=O) groups is 2. The van der Waals surface area contributed by atoms with Crippen LogP contribution in [0.5, 0.6) is 5.75 Å². The van der Waals surface area contributed by atoms with E-state index >= 15 is 0 Å². The van der Waals surface area contributed by atoms with Crippen molar-refractivity contribution in [3.8, 4) is 11.8 Å². The third-order valence-electron chi connectivity index (χ3n) is 3.09. The van der Waals surface area contributed by atoms with Crippen LogP contribution in [0, 0.1) is 11.3 Å². The maximum Gasteiger partial charge on any atom is 0.344 e. The minimum atomic E-state index is -0.996. The number of hydrogen-bond acceptors (Lipinski definition) is 5. The summed E-state index contributed by atoms with van der Waals surface area (Å²) in [5, 5.41) is 11.4. The lowest BCUT2D eigenvalue weighted by Crippen LogP contribution is -2.31. The van der Waals surface area contributed by atoms with Crippen molar-refractivity contribution in [3.63, 3.8) is 0 Å². The van der Waals surface area contributed by atoms with E-state index in [0.29, 0.717) is 17.0 Å². The lowest BCUT2D eigenvalue weighted by atomic mass is 10.2. The SMILES string of the molecule is C[C@H](OC(=O)COc1cccc(Br)c1)C(=O)Nc1cccc(C#N)c1. The van der Waals surface area contributed by atoms with Crippen LogP contribution in [-0.4, -0.2) is 24.6 Å². The number of hydrogen-bond donors (Lipinski definition) is 1. The number of rotatable bonds is 6. The van der Waals surface area contributed by atoms with Crippen molar-refractivity contribution in [2.45, 2.75) is 13.0 Å². The zero-order valence-electron chi connectivity index (χ0n) is 13.4. The number of nitrogens with one attached hydrogen (secondary N) is 1. The van der Waals surface area contributed by atoms with E-state index in [1.165, 1.54) is 13.0 Å². The van der Waals surface area contributed by atoms with Crippen molar-refractivity contribution >= 4 is 33.5 Å². The molecule has 0 aromatic heterocycles. The molecule has 0 fully saturated rings. The van der Waals surface area contributed by atoms with Gasteiger partial charge in [-0.1, -0.05) is 28.1 Å². The molecule has 0 aliphatic carbocycles. The number of carbonyl (C=O) groups excluding carboxylic acids is 2. The van der Waals surface area contributed by atoms with Crippen molar-refractivity contribution in [1.29, 1.82) is 5.26 Å². The number of benzene rings is 2. The van der Waals surface area contributed by atoms with Crippen molar-refractivity contribution < 1.29 is 19.1 Å². The van der Waals surface area contributed by atoms with Gasteiger partial charge in [-0.05, 0) is 43.3 Å². The molecule has 7 heteroatoms. The Morgan fingerprint density at radius 1 is 1.24 bits per heavy atom. The zero-order chi connectivity index (χ0) is 18.2. The molecule has 0 saturated heterocycles. The molecular weight excluding hydrogens is 388 g/mol. The molecule has 1 amide bonds. The summed E-state index contributed by atoms with van der Waals surface area (Å²) in [5.41, 5.74) is 0.877. The van der Waals surface area contributed by atoms with Gasteiger partial charge in [-0.3, -0.25) is 4.79 Å². The zero-order valence-corrected chi connectivity index (χ0v) is 14.9. The summed E-state index contributed by atoms with van der Waals surface area (Å²) >= 11 is 3.30. The van der Waals surface area contributed by atoms with Crippen LogP contribution in [0.25, 0.3) is 0 Å². The van der Waals surface area contributed by atoms with E-state index in [1.54, 1.807) is 36.4 Å². The summed E-state index contributed by atoms with van der Waals surface area (Å²) in [4.78, 5) is 23.8. The second-order valence-corrected chi connectivity index (χ2v) is 5.98. The molecule has 0 heterocycles. The standard InChI is InChI=1S/C18H15BrN2O4/c1-12(18(23)21-15-6-2-4-13(8-15)10-20)25-17(22)11-24-16-7-3-5-14(19)9-16/h2-9,12H,11H2,1H3,(H,21,23)/t12-/m0/s1. The molecule has 2 aromatic rings. The van der Waals surface area contributed by atoms with Crippen LogP contribution >= 0.6 is 15.9 Å². The molecule has 2 rings (SSSR count). The van der Waals surface area contributed by atoms with Gasteiger partial charge >= 0.3 is 5.97 Å². The molecular formula is C18H15BrN2O4. The fourth-order valence-corrected chi connectivity index (χ4v) is 2.27. The Kier molecular flexibility index (Phi) is 6.54. The lowest BCUT2D eigenvalue weighted by molar-refractivity contribution is -0.155. The highest BCUT2D eigenvalue weighted by Gasteiger charge is 2.18. The van der Waals surface area contributed by atoms with Gasteiger partial charge in [0.05, 0.1) is 11.6 Å². The van der Waals surface area contributed by atoms with E-state index in [0.717, 1.165) is 4.47 Å². The Labute approximate surface area is 153 Å². The van der Waals surface area contributed by atoms with Crippen LogP contribution in [-0.2, 0) is 14.3 Å². The van der Waals surface area contributed by atoms with Gasteiger partial charge in [0.1, 0.15) is 5.75 Å². The average Bonchev–Trinajstić information content (AvgIpc) is 2.60. The first-order valence-electron chi connectivity index (χ1n) is 7.37. The molecule has 128 valence electrons. The van der Waals surface area contributed by atoms with Gasteiger partial charge in [0.25, 0.3) is 5.91 Å². The molecule has 0 spiro atoms. The van der Waals surface area contributed by atoms with Crippen LogP contribution in [0.1, 0.15) is 12.5 Å². The molecule has 0 unspecified atom stereocenters. The maximum absolute atomic E-state index is 12.0. The number of esters is 1. The molecule has 1 N–H and O–H groups in total. The molecule has 0 saturated carbocycles. The highest BCUT2D eigenvalue weighted by Crippen LogP contribution is 2.17. The minimum Gasteiger partial charge on any atom is -0.482 e. The fourth-order valence-electron chi connectivity index (χ4n) is 1.89. The molecule has 0 bridgehead atoms. The second kappa shape index (κ2) is 8.85. The number of halogens is 1. The largest absolute Gasteiger partial charge is 0.482 e. The third-order valence-corrected chi connectivity index (χ3v) is 3.58. The van der Waals surface area contributed by atoms with E-state index in [1.807, 2.05) is 12.1 Å². The van der Waals surface area contributed by atoms with Gasteiger partial charge in [0.15, 0.2) is 12.7 Å². The number of nitriles is 1. The highest BCUT2D eigenvalue weighted by atomic mass is 79.9. The summed E-state index contributed by atoms with van der Waals surface area (Å²) in [7, 11) is 0. The first kappa shape index (κ1) is 18.5. The number of anilines is 1. The van der Waals surface area contributed by atoms with E-state index in [4.69, 9.17) is 14.7 Å². The quantitative estimate of drug-likeness (QED) is 0.748. The summed E-state index contributed by atoms with van der Waals surface area (Å²) < 4.78 is 11.2. The van der Waals surface area contributed by atoms with Crippen LogP contribution in [0.3, 0.4) is 0 Å². The predicted molar refractivity (Wildman–Crippen MR) is 95.0 cm³/mol. The minimum absolute atomic E-state index is 0.308. The first-order chi connectivity index (χ1) is 12.0. The Bertz CT molecular complexity index is 817. The summed E-state index contributed by atoms with van der Waals surface area (Å²) in [6.07, 6.45) is -0.996. The van der Waals surface area contributed by atoms with Crippen molar-refractivity contribution in [3.05, 3.63) is 58.6 Å². The third kappa shape index (κ3) is 5.94. The van der Waals surface area contributed by atoms with Gasteiger partial charge < -0.3 is 14.8 Å². The van der Waals surface area contributed by atoms with Crippen LogP contribution in [0.4, 0.5) is 5.69 Å². The van der Waals surface area contributed by atoms with Crippen molar-refractivity contribution in [1.82, 2.24) is 0 Å². The van der Waals surface area contributed by atoms with Crippen molar-refractivity contribution in [2.24, 2.45) is 0 Å². The Morgan fingerprint density at radius 2 is 2.00 bits per heavy atom. The summed E-state index contributed by atoms with van der Waals surface area (Å²) in [6, 6.07) is 15.5. The second-order valence-electron chi connectivity index (χ2n) is 5.06. The lowest BCUT2D eigenvalue weighted by Gasteiger charge is -2.14. The van der Waals surface area contributed by atoms with E-state index in [9.17, 15) is 9.59 Å². The van der Waals surface area contributed by atoms with Crippen LogP contribution in [0.2, 0.25) is 0 Å². The fraction of sp³-hybridized carbons (Fsp3) is 0.167. The molecule has 0 aliphatic rings. The monoisotopic (exact) mass is 402 g/mol. The number of amides is 1. The Hall–Kier alpha value is -2.85. The van der Waals surface area contributed by atoms with E-state index < -0.39 is 18.0 Å². The number of ether oxygens (including phenoxy) is 2. The molecule has 6 nitrogen and oxygen atoms in total. The molecule has 0 aliphatic heterocycles. The normalized spacial score (nSPS) is 11.1. The Balaban J connectivity index is 1.83. The van der Waals surface area contributed by atoms with Crippen LogP contribution < -0.4 is 10.1 Å². The van der Waals surface area contributed by atoms with Crippen LogP contribution in [0.15, 0.2) is 53.0 Å². The highest BCUT2D eigenvalue weighted by molar-refractivity contribution is 9.10. The summed E-state index contributed by atoms with van der Waals surface area (Å²) in [5.74, 6) is -0.643. The van der Waals surface area contributed by atoms with Crippen molar-refractivity contribution in [2.75, 3.05) is 11.9 Å². The molecule has 0 radical (unpaired) electrons. The topological polar surface area (TPSA) is 88.4 Å². The Morgan fingerprint density at radius 3 is 2.72 bits per heavy atom. The van der Waals surface area contributed by atoms with Gasteiger partial charge in [0, 0.05) is 10.2 Å². The molecule has 2 aromatic carbocycles. The first-order valence-corrected chi connectivity index (χ1v) is 8.16. The van der Waals surface area contributed by atoms with E-state index in [2.05, 4.69) is 21.2 Å².